The molecule has 0 bridgehead atoms. The van der Waals surface area contributed by atoms with Crippen molar-refractivity contribution >= 4 is 11.6 Å². The van der Waals surface area contributed by atoms with Gasteiger partial charge >= 0.3 is 0 Å². The van der Waals surface area contributed by atoms with E-state index in [1.807, 2.05) is 13.0 Å². The van der Waals surface area contributed by atoms with E-state index in [9.17, 15) is 0 Å². The number of anilines is 1. The minimum Gasteiger partial charge on any atom is -0.355 e. The van der Waals surface area contributed by atoms with Gasteiger partial charge < -0.3 is 10.6 Å². The van der Waals surface area contributed by atoms with Crippen LogP contribution in [0.3, 0.4) is 0 Å². The second-order valence-electron chi connectivity index (χ2n) is 4.22. The lowest BCUT2D eigenvalue weighted by Crippen LogP contribution is -2.28. The summed E-state index contributed by atoms with van der Waals surface area (Å²) in [7, 11) is 0. The van der Waals surface area contributed by atoms with Crippen LogP contribution in [0.25, 0.3) is 5.78 Å². The lowest BCUT2D eigenvalue weighted by Gasteiger charge is -2.18. The van der Waals surface area contributed by atoms with Crippen LogP contribution < -0.4 is 10.6 Å². The van der Waals surface area contributed by atoms with E-state index in [2.05, 4.69) is 20.0 Å². The highest BCUT2D eigenvalue weighted by atomic mass is 15.4. The highest BCUT2D eigenvalue weighted by molar-refractivity contribution is 5.48. The van der Waals surface area contributed by atoms with E-state index in [1.165, 1.54) is 6.33 Å². The summed E-state index contributed by atoms with van der Waals surface area (Å²) in [6.45, 7) is 3.81. The number of nitrogens with zero attached hydrogens (tertiary/aromatic N) is 5. The van der Waals surface area contributed by atoms with Crippen LogP contribution in [0.15, 0.2) is 12.4 Å². The van der Waals surface area contributed by atoms with Gasteiger partial charge in [0.25, 0.3) is 5.78 Å². The quantitative estimate of drug-likeness (QED) is 0.727. The molecule has 3 rings (SSSR count). The number of hydrogen-bond donors (Lipinski definition) is 1. The van der Waals surface area contributed by atoms with Crippen molar-refractivity contribution in [3.05, 3.63) is 18.1 Å². The van der Waals surface area contributed by atoms with Gasteiger partial charge in [-0.3, -0.25) is 0 Å². The van der Waals surface area contributed by atoms with Gasteiger partial charge in [0.1, 0.15) is 12.1 Å². The van der Waals surface area contributed by atoms with Crippen molar-refractivity contribution in [1.29, 1.82) is 0 Å². The van der Waals surface area contributed by atoms with Gasteiger partial charge in [0.05, 0.1) is 0 Å². The zero-order chi connectivity index (χ0) is 11.1. The van der Waals surface area contributed by atoms with Crippen molar-refractivity contribution < 1.29 is 0 Å². The summed E-state index contributed by atoms with van der Waals surface area (Å²) in [6.07, 6.45) is 2.55. The first-order chi connectivity index (χ1) is 7.74. The maximum absolute atomic E-state index is 5.92. The normalized spacial score (nSPS) is 20.9. The van der Waals surface area contributed by atoms with Gasteiger partial charge in [-0.05, 0) is 13.3 Å². The van der Waals surface area contributed by atoms with Crippen LogP contribution in [0.5, 0.6) is 0 Å². The van der Waals surface area contributed by atoms with E-state index in [4.69, 9.17) is 5.73 Å². The fourth-order valence-electron chi connectivity index (χ4n) is 2.13. The minimum absolute atomic E-state index is 0.257. The summed E-state index contributed by atoms with van der Waals surface area (Å²) >= 11 is 0. The van der Waals surface area contributed by atoms with Crippen LogP contribution in [0.4, 0.5) is 5.82 Å². The molecule has 3 heterocycles. The van der Waals surface area contributed by atoms with Crippen molar-refractivity contribution in [3.63, 3.8) is 0 Å². The van der Waals surface area contributed by atoms with E-state index in [-0.39, 0.29) is 6.04 Å². The molecule has 1 fully saturated rings. The van der Waals surface area contributed by atoms with Crippen LogP contribution in [0.1, 0.15) is 12.1 Å². The Morgan fingerprint density at radius 1 is 1.50 bits per heavy atom. The van der Waals surface area contributed by atoms with E-state index in [1.54, 1.807) is 4.52 Å². The molecule has 1 aliphatic rings. The molecular formula is C10H14N6. The molecular weight excluding hydrogens is 204 g/mol. The summed E-state index contributed by atoms with van der Waals surface area (Å²) in [5.74, 6) is 1.68. The van der Waals surface area contributed by atoms with Gasteiger partial charge in [0.15, 0.2) is 0 Å². The van der Waals surface area contributed by atoms with Crippen LogP contribution in [0.2, 0.25) is 0 Å². The molecule has 1 atom stereocenters. The third-order valence-electron chi connectivity index (χ3n) is 2.91. The van der Waals surface area contributed by atoms with Gasteiger partial charge in [-0.15, -0.1) is 0 Å². The fourth-order valence-corrected chi connectivity index (χ4v) is 2.13. The molecule has 0 amide bonds. The molecule has 16 heavy (non-hydrogen) atoms. The van der Waals surface area contributed by atoms with Gasteiger partial charge in [0.2, 0.25) is 0 Å². The van der Waals surface area contributed by atoms with Crippen molar-refractivity contribution in [2.45, 2.75) is 19.4 Å². The van der Waals surface area contributed by atoms with Crippen molar-refractivity contribution in [1.82, 2.24) is 19.6 Å². The molecule has 0 aliphatic carbocycles. The van der Waals surface area contributed by atoms with Gasteiger partial charge in [-0.1, -0.05) is 0 Å². The molecule has 6 nitrogen and oxygen atoms in total. The van der Waals surface area contributed by atoms with Crippen molar-refractivity contribution in [2.24, 2.45) is 5.73 Å². The van der Waals surface area contributed by atoms with Crippen LogP contribution in [-0.4, -0.2) is 38.7 Å². The first-order valence-electron chi connectivity index (χ1n) is 5.42. The lowest BCUT2D eigenvalue weighted by molar-refractivity contribution is 0.749. The Balaban J connectivity index is 2.11. The first kappa shape index (κ1) is 9.53. The molecule has 2 N–H and O–H groups in total. The Labute approximate surface area is 93.1 Å². The zero-order valence-electron chi connectivity index (χ0n) is 9.17. The van der Waals surface area contributed by atoms with Crippen molar-refractivity contribution in [2.75, 3.05) is 18.0 Å². The van der Waals surface area contributed by atoms with Gasteiger partial charge in [0, 0.05) is 30.9 Å². The molecule has 1 aliphatic heterocycles. The van der Waals surface area contributed by atoms with E-state index < -0.39 is 0 Å². The number of rotatable bonds is 1. The first-order valence-corrected chi connectivity index (χ1v) is 5.42. The second kappa shape index (κ2) is 3.41. The Hall–Kier alpha value is -1.69. The largest absolute Gasteiger partial charge is 0.355 e. The van der Waals surface area contributed by atoms with E-state index >= 15 is 0 Å². The molecule has 6 heteroatoms. The van der Waals surface area contributed by atoms with Crippen molar-refractivity contribution in [3.8, 4) is 0 Å². The molecule has 0 spiro atoms. The van der Waals surface area contributed by atoms with E-state index in [0.717, 1.165) is 31.0 Å². The van der Waals surface area contributed by atoms with Crippen LogP contribution >= 0.6 is 0 Å². The topological polar surface area (TPSA) is 72.3 Å². The third kappa shape index (κ3) is 1.42. The number of nitrogens with two attached hydrogens (primary N) is 1. The zero-order valence-corrected chi connectivity index (χ0v) is 9.17. The van der Waals surface area contributed by atoms with E-state index in [0.29, 0.717) is 5.78 Å². The molecule has 2 aromatic rings. The van der Waals surface area contributed by atoms with Gasteiger partial charge in [-0.2, -0.15) is 14.6 Å². The van der Waals surface area contributed by atoms with Gasteiger partial charge in [-0.25, -0.2) is 4.98 Å². The van der Waals surface area contributed by atoms with Crippen LogP contribution in [0, 0.1) is 6.92 Å². The average Bonchev–Trinajstić information content (AvgIpc) is 2.84. The summed E-state index contributed by atoms with van der Waals surface area (Å²) in [5.41, 5.74) is 6.87. The Bertz CT molecular complexity index is 519. The predicted octanol–water partition coefficient (Wildman–Crippen LogP) is -0.0299. The Kier molecular flexibility index (Phi) is 2.03. The molecule has 0 unspecified atom stereocenters. The molecule has 84 valence electrons. The number of aromatic nitrogens is 4. The highest BCUT2D eigenvalue weighted by Crippen LogP contribution is 2.20. The lowest BCUT2D eigenvalue weighted by atomic mass is 10.3. The number of hydrogen-bond acceptors (Lipinski definition) is 5. The maximum Gasteiger partial charge on any atom is 0.254 e. The summed E-state index contributed by atoms with van der Waals surface area (Å²) in [4.78, 5) is 10.7. The SMILES string of the molecule is Cc1cc(N2CC[C@H](N)C2)n2ncnc2n1. The second-order valence-corrected chi connectivity index (χ2v) is 4.22. The Morgan fingerprint density at radius 3 is 3.12 bits per heavy atom. The number of fused-ring (bicyclic) bond motifs is 1. The number of aryl methyl sites for hydroxylation is 1. The Morgan fingerprint density at radius 2 is 2.38 bits per heavy atom. The smallest absolute Gasteiger partial charge is 0.254 e. The summed E-state index contributed by atoms with van der Waals surface area (Å²) in [5, 5.41) is 4.19. The molecule has 2 aromatic heterocycles. The summed E-state index contributed by atoms with van der Waals surface area (Å²) in [6, 6.07) is 2.28. The molecule has 0 radical (unpaired) electrons. The standard InChI is InChI=1S/C10H14N6/c1-7-4-9(15-3-2-8(11)5-15)16-10(14-7)12-6-13-16/h4,6,8H,2-3,5,11H2,1H3/t8-/m0/s1. The van der Waals surface area contributed by atoms with Crippen LogP contribution in [-0.2, 0) is 0 Å². The maximum atomic E-state index is 5.92. The fraction of sp³-hybridized carbons (Fsp3) is 0.500. The molecule has 1 saturated heterocycles. The monoisotopic (exact) mass is 218 g/mol. The molecule has 0 saturated carbocycles. The third-order valence-corrected chi connectivity index (χ3v) is 2.91. The minimum atomic E-state index is 0.257. The predicted molar refractivity (Wildman–Crippen MR) is 60.3 cm³/mol. The summed E-state index contributed by atoms with van der Waals surface area (Å²) < 4.78 is 1.77. The molecule has 0 aromatic carbocycles. The highest BCUT2D eigenvalue weighted by Gasteiger charge is 2.22. The average molecular weight is 218 g/mol.